The van der Waals surface area contributed by atoms with Gasteiger partial charge in [0, 0.05) is 0 Å². The highest BCUT2D eigenvalue weighted by molar-refractivity contribution is 7.87. The van der Waals surface area contributed by atoms with Crippen LogP contribution in [0.25, 0.3) is 0 Å². The zero-order chi connectivity index (χ0) is 28.5. The molecule has 0 aliphatic carbocycles. The molecule has 9 nitrogen and oxygen atoms in total. The summed E-state index contributed by atoms with van der Waals surface area (Å²) in [4.78, 5) is 24.0. The average Bonchev–Trinajstić information content (AvgIpc) is 2.87. The highest BCUT2D eigenvalue weighted by Crippen LogP contribution is 2.14. The summed E-state index contributed by atoms with van der Waals surface area (Å²) in [5.41, 5.74) is 0. The Morgan fingerprint density at radius 3 is 1.71 bits per heavy atom. The first-order chi connectivity index (χ1) is 18.2. The summed E-state index contributed by atoms with van der Waals surface area (Å²) < 4.78 is 47.2. The lowest BCUT2D eigenvalue weighted by atomic mass is 10.0. The third-order valence-corrected chi connectivity index (χ3v) is 7.28. The minimum atomic E-state index is -4.86. The maximum Gasteiger partial charge on any atom is 0.327 e. The van der Waals surface area contributed by atoms with Crippen LogP contribution in [0, 0.1) is 0 Å². The molecule has 0 aromatic heterocycles. The van der Waals surface area contributed by atoms with Gasteiger partial charge in [0.15, 0.2) is 5.25 Å². The first kappa shape index (κ1) is 36.5. The number of rotatable bonds is 27. The van der Waals surface area contributed by atoms with Gasteiger partial charge in [-0.1, -0.05) is 109 Å². The number of aliphatic hydroxyl groups is 1. The van der Waals surface area contributed by atoms with Crippen LogP contribution in [0.15, 0.2) is 12.7 Å². The predicted molar refractivity (Wildman–Crippen MR) is 148 cm³/mol. The van der Waals surface area contributed by atoms with Crippen LogP contribution in [0.1, 0.15) is 116 Å². The SMILES string of the molecule is C=CCOCC(O)COC(=O)CC(C(=O)OCCCCCCCCCCCCCCCCCC)S(=O)(=O)O. The van der Waals surface area contributed by atoms with Crippen molar-refractivity contribution < 1.29 is 41.9 Å². The molecule has 0 amide bonds. The molecule has 0 saturated carbocycles. The molecule has 0 radical (unpaired) electrons. The normalized spacial score (nSPS) is 13.1. The van der Waals surface area contributed by atoms with Crippen LogP contribution in [-0.4, -0.2) is 67.8 Å². The van der Waals surface area contributed by atoms with Crippen molar-refractivity contribution in [3.8, 4) is 0 Å². The lowest BCUT2D eigenvalue weighted by molar-refractivity contribution is -0.152. The van der Waals surface area contributed by atoms with E-state index in [1.54, 1.807) is 0 Å². The van der Waals surface area contributed by atoms with Crippen molar-refractivity contribution in [2.24, 2.45) is 0 Å². The average molecular weight is 565 g/mol. The molecule has 2 unspecified atom stereocenters. The zero-order valence-corrected chi connectivity index (χ0v) is 24.3. The smallest absolute Gasteiger partial charge is 0.327 e. The van der Waals surface area contributed by atoms with Gasteiger partial charge in [-0.15, -0.1) is 6.58 Å². The lowest BCUT2D eigenvalue weighted by Crippen LogP contribution is -2.35. The Labute approximate surface area is 230 Å². The second-order valence-electron chi connectivity index (χ2n) is 9.84. The molecule has 38 heavy (non-hydrogen) atoms. The van der Waals surface area contributed by atoms with Gasteiger partial charge in [0.2, 0.25) is 0 Å². The number of hydrogen-bond donors (Lipinski definition) is 2. The standard InChI is InChI=1S/C28H52O9S/c1-3-5-6-7-8-9-10-11-12-13-14-15-16-17-18-19-21-36-28(31)26(38(32,33)34)22-27(30)37-24-25(29)23-35-20-4-2/h4,25-26,29H,2-3,5-24H2,1H3,(H,32,33,34). The van der Waals surface area contributed by atoms with E-state index in [1.807, 2.05) is 0 Å². The maximum absolute atomic E-state index is 12.2. The minimum Gasteiger partial charge on any atom is -0.465 e. The van der Waals surface area contributed by atoms with Crippen LogP contribution in [0.2, 0.25) is 0 Å². The van der Waals surface area contributed by atoms with Crippen LogP contribution in [0.5, 0.6) is 0 Å². The fourth-order valence-corrected chi connectivity index (χ4v) is 4.62. The molecule has 0 aromatic rings. The molecule has 2 N–H and O–H groups in total. The molecular formula is C28H52O9S. The molecule has 2 atom stereocenters. The van der Waals surface area contributed by atoms with Gasteiger partial charge in [-0.05, 0) is 6.42 Å². The summed E-state index contributed by atoms with van der Waals surface area (Å²) in [6.45, 7) is 5.37. The Bertz CT molecular complexity index is 709. The van der Waals surface area contributed by atoms with Gasteiger partial charge in [-0.3, -0.25) is 14.1 Å². The van der Waals surface area contributed by atoms with Gasteiger partial charge in [0.1, 0.15) is 12.7 Å². The van der Waals surface area contributed by atoms with Crippen molar-refractivity contribution in [3.05, 3.63) is 12.7 Å². The second-order valence-corrected chi connectivity index (χ2v) is 11.4. The van der Waals surface area contributed by atoms with Gasteiger partial charge < -0.3 is 19.3 Å². The van der Waals surface area contributed by atoms with Crippen molar-refractivity contribution >= 4 is 22.1 Å². The summed E-state index contributed by atoms with van der Waals surface area (Å²) in [7, 11) is -4.86. The Hall–Kier alpha value is -1.49. The number of unbranched alkanes of at least 4 members (excludes halogenated alkanes) is 15. The Morgan fingerprint density at radius 2 is 1.26 bits per heavy atom. The molecule has 0 aromatic carbocycles. The van der Waals surface area contributed by atoms with Gasteiger partial charge in [-0.2, -0.15) is 8.42 Å². The molecule has 0 fully saturated rings. The van der Waals surface area contributed by atoms with Crippen LogP contribution in [0.4, 0.5) is 0 Å². The summed E-state index contributed by atoms with van der Waals surface area (Å²) in [5, 5.41) is 7.58. The summed E-state index contributed by atoms with van der Waals surface area (Å²) in [6.07, 6.45) is 18.8. The molecule has 10 heteroatoms. The van der Waals surface area contributed by atoms with Crippen LogP contribution in [-0.2, 0) is 33.9 Å². The van der Waals surface area contributed by atoms with E-state index in [9.17, 15) is 27.7 Å². The van der Waals surface area contributed by atoms with Gasteiger partial charge in [-0.25, -0.2) is 0 Å². The van der Waals surface area contributed by atoms with E-state index in [-0.39, 0.29) is 19.8 Å². The molecule has 0 saturated heterocycles. The van der Waals surface area contributed by atoms with Crippen LogP contribution < -0.4 is 0 Å². The maximum atomic E-state index is 12.2. The topological polar surface area (TPSA) is 136 Å². The van der Waals surface area contributed by atoms with E-state index in [4.69, 9.17) is 14.2 Å². The number of carbonyl (C=O) groups is 2. The van der Waals surface area contributed by atoms with E-state index < -0.39 is 46.4 Å². The lowest BCUT2D eigenvalue weighted by Gasteiger charge is -2.14. The minimum absolute atomic E-state index is 0.0116. The number of carbonyl (C=O) groups excluding carboxylic acids is 2. The highest BCUT2D eigenvalue weighted by atomic mass is 32.2. The predicted octanol–water partition coefficient (Wildman–Crippen LogP) is 5.54. The summed E-state index contributed by atoms with van der Waals surface area (Å²) in [6, 6.07) is 0. The van der Waals surface area contributed by atoms with Crippen molar-refractivity contribution in [2.75, 3.05) is 26.4 Å². The highest BCUT2D eigenvalue weighted by Gasteiger charge is 2.35. The molecule has 224 valence electrons. The van der Waals surface area contributed by atoms with Crippen molar-refractivity contribution in [2.45, 2.75) is 127 Å². The van der Waals surface area contributed by atoms with Gasteiger partial charge >= 0.3 is 11.9 Å². The first-order valence-electron chi connectivity index (χ1n) is 14.4. The van der Waals surface area contributed by atoms with E-state index in [0.717, 1.165) is 19.3 Å². The summed E-state index contributed by atoms with van der Waals surface area (Å²) >= 11 is 0. The van der Waals surface area contributed by atoms with Gasteiger partial charge in [0.25, 0.3) is 10.1 Å². The third-order valence-electron chi connectivity index (χ3n) is 6.20. The Kier molecular flexibility index (Phi) is 23.6. The van der Waals surface area contributed by atoms with Gasteiger partial charge in [0.05, 0.1) is 26.2 Å². The number of aliphatic hydroxyl groups excluding tert-OH is 1. The van der Waals surface area contributed by atoms with Crippen molar-refractivity contribution in [3.63, 3.8) is 0 Å². The van der Waals surface area contributed by atoms with Crippen LogP contribution >= 0.6 is 0 Å². The third kappa shape index (κ3) is 22.5. The zero-order valence-electron chi connectivity index (χ0n) is 23.4. The number of hydrogen-bond acceptors (Lipinski definition) is 8. The van der Waals surface area contributed by atoms with E-state index in [0.29, 0.717) is 6.42 Å². The number of esters is 2. The quantitative estimate of drug-likeness (QED) is 0.0570. The van der Waals surface area contributed by atoms with Crippen LogP contribution in [0.3, 0.4) is 0 Å². The van der Waals surface area contributed by atoms with E-state index >= 15 is 0 Å². The fourth-order valence-electron chi connectivity index (χ4n) is 3.96. The Balaban J connectivity index is 3.87. The summed E-state index contributed by atoms with van der Waals surface area (Å²) in [5.74, 6) is -2.25. The van der Waals surface area contributed by atoms with Crippen molar-refractivity contribution in [1.29, 1.82) is 0 Å². The largest absolute Gasteiger partial charge is 0.465 e. The van der Waals surface area contributed by atoms with Crippen molar-refractivity contribution in [1.82, 2.24) is 0 Å². The monoisotopic (exact) mass is 564 g/mol. The molecule has 0 rings (SSSR count). The number of ether oxygens (including phenoxy) is 3. The molecule has 0 aliphatic heterocycles. The fraction of sp³-hybridized carbons (Fsp3) is 0.857. The first-order valence-corrected chi connectivity index (χ1v) is 15.9. The molecule has 0 spiro atoms. The van der Waals surface area contributed by atoms with E-state index in [1.165, 1.54) is 83.1 Å². The molecule has 0 bridgehead atoms. The molecular weight excluding hydrogens is 512 g/mol. The second kappa shape index (κ2) is 24.5. The Morgan fingerprint density at radius 1 is 0.789 bits per heavy atom. The molecule has 0 aliphatic rings. The molecule has 0 heterocycles. The van der Waals surface area contributed by atoms with E-state index in [2.05, 4.69) is 13.5 Å².